The smallest absolute Gasteiger partial charge is 0.246 e. The predicted octanol–water partition coefficient (Wildman–Crippen LogP) is 6.47. The highest BCUT2D eigenvalue weighted by molar-refractivity contribution is 7.13. The van der Waals surface area contributed by atoms with E-state index in [0.29, 0.717) is 36.1 Å². The minimum absolute atomic E-state index is 0.00675. The summed E-state index contributed by atoms with van der Waals surface area (Å²) < 4.78 is 0. The number of nitrogens with two attached hydrogens (primary N) is 1. The summed E-state index contributed by atoms with van der Waals surface area (Å²) in [4.78, 5) is 51.0. The number of aryl methyl sites for hydroxylation is 1. The summed E-state index contributed by atoms with van der Waals surface area (Å²) in [6, 6.07) is 22.5. The number of phenolic OH excluding ortho intramolecular Hbond substituents is 1. The monoisotopic (exact) mass is 844 g/mol. The molecule has 2 aliphatic heterocycles. The van der Waals surface area contributed by atoms with Gasteiger partial charge in [0.05, 0.1) is 40.0 Å². The highest BCUT2D eigenvalue weighted by atomic mass is 32.1. The Balaban J connectivity index is 0.951. The molecule has 5 aromatic rings. The molecule has 61 heavy (non-hydrogen) atoms. The lowest BCUT2D eigenvalue weighted by atomic mass is 9.85. The maximum Gasteiger partial charge on any atom is 0.246 e. The van der Waals surface area contributed by atoms with Crippen LogP contribution in [-0.2, 0) is 14.4 Å². The Morgan fingerprint density at radius 1 is 0.902 bits per heavy atom. The normalized spacial score (nSPS) is 19.0. The summed E-state index contributed by atoms with van der Waals surface area (Å²) in [6.07, 6.45) is 0.957. The van der Waals surface area contributed by atoms with Crippen LogP contribution in [0.25, 0.3) is 32.8 Å². The molecule has 7 rings (SSSR count). The number of para-hydroxylation sites is 1. The lowest BCUT2D eigenvalue weighted by Crippen LogP contribution is -2.60. The number of thiazole rings is 1. The number of hydrogen-bond donors (Lipinski definition) is 5. The summed E-state index contributed by atoms with van der Waals surface area (Å²) in [5, 5.41) is 35.6. The number of aliphatic hydroxyl groups excluding tert-OH is 1. The zero-order valence-electron chi connectivity index (χ0n) is 35.6. The molecule has 14 heteroatoms. The molecule has 2 saturated heterocycles. The fraction of sp³-hybridized carbons (Fsp3) is 0.404. The van der Waals surface area contributed by atoms with Crippen molar-refractivity contribution < 1.29 is 24.6 Å². The quantitative estimate of drug-likeness (QED) is 0.0987. The Hall–Kier alpha value is -5.70. The van der Waals surface area contributed by atoms with Crippen molar-refractivity contribution in [2.45, 2.75) is 97.0 Å². The fourth-order valence-electron chi connectivity index (χ4n) is 8.45. The molecule has 320 valence electrons. The van der Waals surface area contributed by atoms with Crippen molar-refractivity contribution in [1.29, 1.82) is 0 Å². The molecule has 4 heterocycles. The molecule has 5 atom stereocenters. The fourth-order valence-corrected chi connectivity index (χ4v) is 9.26. The number of carbonyl (C=O) groups excluding carboxylic acids is 3. The van der Waals surface area contributed by atoms with Crippen molar-refractivity contribution in [3.63, 3.8) is 0 Å². The number of piperidine rings is 1. The van der Waals surface area contributed by atoms with Gasteiger partial charge in [0.2, 0.25) is 17.7 Å². The van der Waals surface area contributed by atoms with Crippen LogP contribution in [0.3, 0.4) is 0 Å². The number of aromatic hydroxyl groups is 1. The number of carbonyl (C=O) groups is 3. The van der Waals surface area contributed by atoms with Gasteiger partial charge in [0.15, 0.2) is 5.82 Å². The largest absolute Gasteiger partial charge is 0.507 e. The summed E-state index contributed by atoms with van der Waals surface area (Å²) >= 11 is 1.58. The van der Waals surface area contributed by atoms with Gasteiger partial charge in [0.1, 0.15) is 17.8 Å². The van der Waals surface area contributed by atoms with Crippen LogP contribution in [0.5, 0.6) is 5.75 Å². The number of nitrogens with zero attached hydrogens (tertiary/aromatic N) is 5. The van der Waals surface area contributed by atoms with Gasteiger partial charge < -0.3 is 31.5 Å². The van der Waals surface area contributed by atoms with Gasteiger partial charge in [-0.15, -0.1) is 21.5 Å². The van der Waals surface area contributed by atoms with Gasteiger partial charge in [0.25, 0.3) is 0 Å². The van der Waals surface area contributed by atoms with Crippen molar-refractivity contribution in [2.75, 3.05) is 25.4 Å². The van der Waals surface area contributed by atoms with Gasteiger partial charge in [-0.05, 0) is 98.5 Å². The summed E-state index contributed by atoms with van der Waals surface area (Å²) in [5.41, 5.74) is 14.3. The van der Waals surface area contributed by atoms with Gasteiger partial charge in [-0.2, -0.15) is 0 Å². The Bertz CT molecular complexity index is 2350. The minimum atomic E-state index is -0.918. The number of aromatic nitrogens is 3. The van der Waals surface area contributed by atoms with E-state index in [0.717, 1.165) is 45.7 Å². The molecular weight excluding hydrogens is 789 g/mol. The number of anilines is 1. The van der Waals surface area contributed by atoms with Gasteiger partial charge in [-0.25, -0.2) is 4.98 Å². The maximum atomic E-state index is 14.3. The summed E-state index contributed by atoms with van der Waals surface area (Å²) in [5.74, 6) is -0.266. The van der Waals surface area contributed by atoms with Gasteiger partial charge in [0, 0.05) is 24.1 Å². The van der Waals surface area contributed by atoms with Crippen LogP contribution < -0.4 is 16.4 Å². The second-order valence-electron chi connectivity index (χ2n) is 17.5. The van der Waals surface area contributed by atoms with Crippen LogP contribution in [0.2, 0.25) is 0 Å². The van der Waals surface area contributed by atoms with Crippen LogP contribution in [0.4, 0.5) is 5.82 Å². The molecule has 0 aliphatic carbocycles. The van der Waals surface area contributed by atoms with Crippen LogP contribution in [0.15, 0.2) is 84.4 Å². The number of nitrogens with one attached hydrogen (secondary N) is 2. The molecule has 0 radical (unpaired) electrons. The van der Waals surface area contributed by atoms with Crippen molar-refractivity contribution >= 4 is 34.9 Å². The Morgan fingerprint density at radius 3 is 2.21 bits per heavy atom. The molecule has 2 aromatic heterocycles. The van der Waals surface area contributed by atoms with E-state index in [1.807, 2.05) is 95.6 Å². The molecule has 2 aliphatic rings. The Morgan fingerprint density at radius 2 is 1.57 bits per heavy atom. The topological polar surface area (TPSA) is 187 Å². The van der Waals surface area contributed by atoms with E-state index in [4.69, 9.17) is 5.73 Å². The maximum absolute atomic E-state index is 14.3. The molecule has 0 saturated carbocycles. The van der Waals surface area contributed by atoms with Crippen molar-refractivity contribution in [1.82, 2.24) is 35.6 Å². The number of amides is 3. The number of likely N-dealkylation sites (tertiary alicyclic amines) is 2. The van der Waals surface area contributed by atoms with Crippen molar-refractivity contribution in [3.05, 3.63) is 101 Å². The third-order valence-electron chi connectivity index (χ3n) is 12.2. The molecule has 2 fully saturated rings. The van der Waals surface area contributed by atoms with Gasteiger partial charge >= 0.3 is 0 Å². The van der Waals surface area contributed by atoms with Crippen LogP contribution >= 0.6 is 11.3 Å². The first kappa shape index (κ1) is 43.4. The zero-order valence-corrected chi connectivity index (χ0v) is 36.4. The molecule has 3 aromatic carbocycles. The zero-order chi connectivity index (χ0) is 43.6. The Kier molecular flexibility index (Phi) is 12.9. The molecule has 3 amide bonds. The van der Waals surface area contributed by atoms with E-state index in [9.17, 15) is 24.6 Å². The standard InChI is InChI=1S/C47H56N8O5S/c1-27(30-11-17-34(18-12-30)41-28(2)49-26-61-41)50-45(59)39-23-35(56)25-55(39)46(60)42(47(4,5)6)51-44(58)29(3)54-21-19-32(20-22-54)31-13-15-33(16-14-31)37-24-38(52-53-43(37)48)36-9-7-8-10-40(36)57/h7-18,24,26-27,29,32,35,39,42,56-57H,19-23,25H2,1-6H3,(H2,48,53)(H,50,59)(H,51,58)/t27?,29?,35-,39+,42?/m1/s1. The highest BCUT2D eigenvalue weighted by Gasteiger charge is 2.45. The number of benzene rings is 3. The molecule has 13 nitrogen and oxygen atoms in total. The number of nitrogen functional groups attached to an aromatic ring is 1. The van der Waals surface area contributed by atoms with Crippen molar-refractivity contribution in [3.8, 4) is 38.6 Å². The SMILES string of the molecule is Cc1ncsc1-c1ccc(C(C)NC(=O)[C@@H]2C[C@@H](O)CN2C(=O)C(NC(=O)C(C)N2CCC(c3ccc(-c4cc(-c5ccccc5O)nnc4N)cc3)CC2)C(C)(C)C)cc1. The lowest BCUT2D eigenvalue weighted by molar-refractivity contribution is -0.144. The van der Waals surface area contributed by atoms with Crippen molar-refractivity contribution in [2.24, 2.45) is 5.41 Å². The number of aliphatic hydroxyl groups is 1. The first-order valence-electron chi connectivity index (χ1n) is 20.9. The second-order valence-corrected chi connectivity index (χ2v) is 18.3. The molecule has 0 spiro atoms. The number of phenols is 1. The van der Waals surface area contributed by atoms with E-state index in [1.54, 1.807) is 29.5 Å². The van der Waals surface area contributed by atoms with Crippen LogP contribution in [-0.4, -0.2) is 96.8 Å². The first-order valence-corrected chi connectivity index (χ1v) is 21.8. The number of rotatable bonds is 11. The van der Waals surface area contributed by atoms with E-state index >= 15 is 0 Å². The van der Waals surface area contributed by atoms with Gasteiger partial charge in [-0.1, -0.05) is 81.4 Å². The highest BCUT2D eigenvalue weighted by Crippen LogP contribution is 2.35. The minimum Gasteiger partial charge on any atom is -0.507 e. The molecular formula is C47H56N8O5S. The van der Waals surface area contributed by atoms with E-state index in [1.165, 1.54) is 10.5 Å². The number of hydrogen-bond acceptors (Lipinski definition) is 11. The third-order valence-corrected chi connectivity index (χ3v) is 13.2. The Labute approximate surface area is 361 Å². The predicted molar refractivity (Wildman–Crippen MR) is 238 cm³/mol. The van der Waals surface area contributed by atoms with E-state index in [2.05, 4.69) is 42.8 Å². The van der Waals surface area contributed by atoms with Crippen LogP contribution in [0, 0.1) is 12.3 Å². The van der Waals surface area contributed by atoms with Crippen LogP contribution in [0.1, 0.15) is 82.7 Å². The molecule has 3 unspecified atom stereocenters. The third kappa shape index (κ3) is 9.61. The average Bonchev–Trinajstić information content (AvgIpc) is 3.87. The van der Waals surface area contributed by atoms with E-state index < -0.39 is 29.6 Å². The molecule has 6 N–H and O–H groups in total. The first-order chi connectivity index (χ1) is 29.1. The lowest BCUT2D eigenvalue weighted by Gasteiger charge is -2.39. The second kappa shape index (κ2) is 18.1. The summed E-state index contributed by atoms with van der Waals surface area (Å²) in [7, 11) is 0. The van der Waals surface area contributed by atoms with Gasteiger partial charge in [-0.3, -0.25) is 19.3 Å². The number of β-amino-alcohol motifs (C(OH)–C–C–N with tert-alkyl or cyclic N) is 1. The average molecular weight is 845 g/mol. The summed E-state index contributed by atoms with van der Waals surface area (Å²) in [6.45, 7) is 12.8. The molecule has 0 bridgehead atoms. The van der Waals surface area contributed by atoms with E-state index in [-0.39, 0.29) is 42.5 Å².